The summed E-state index contributed by atoms with van der Waals surface area (Å²) in [6, 6.07) is 12.0. The molecule has 2 heterocycles. The van der Waals surface area contributed by atoms with Crippen molar-refractivity contribution in [2.75, 3.05) is 12.4 Å². The predicted octanol–water partition coefficient (Wildman–Crippen LogP) is 7.29. The number of nitrogens with one attached hydrogen (secondary N) is 1. The van der Waals surface area contributed by atoms with Gasteiger partial charge < -0.3 is 14.8 Å². The number of hydrogen-bond acceptors (Lipinski definition) is 5. The molecule has 0 radical (unpaired) electrons. The third-order valence-electron chi connectivity index (χ3n) is 5.32. The van der Waals surface area contributed by atoms with Crippen LogP contribution in [0.4, 0.5) is 10.1 Å². The van der Waals surface area contributed by atoms with Crippen molar-refractivity contribution in [1.29, 1.82) is 0 Å². The highest BCUT2D eigenvalue weighted by molar-refractivity contribution is 9.11. The van der Waals surface area contributed by atoms with Crippen LogP contribution in [0.5, 0.6) is 5.75 Å². The van der Waals surface area contributed by atoms with Crippen LogP contribution in [0.15, 0.2) is 52.3 Å². The van der Waals surface area contributed by atoms with E-state index in [0.29, 0.717) is 10.6 Å². The minimum atomic E-state index is -0.388. The number of rotatable bonds is 5. The lowest BCUT2D eigenvalue weighted by Gasteiger charge is -2.33. The van der Waals surface area contributed by atoms with E-state index in [4.69, 9.17) is 9.47 Å². The minimum absolute atomic E-state index is 0.0701. The van der Waals surface area contributed by atoms with Crippen molar-refractivity contribution in [2.45, 2.75) is 32.9 Å². The molecule has 32 heavy (non-hydrogen) atoms. The molecule has 0 saturated carbocycles. The van der Waals surface area contributed by atoms with Crippen molar-refractivity contribution in [3.05, 3.63) is 74.1 Å². The molecular formula is C25H23BrFNO3S. The van der Waals surface area contributed by atoms with Crippen LogP contribution in [-0.4, -0.2) is 18.6 Å². The van der Waals surface area contributed by atoms with Crippen molar-refractivity contribution >= 4 is 44.5 Å². The summed E-state index contributed by atoms with van der Waals surface area (Å²) in [6.07, 6.45) is 2.16. The van der Waals surface area contributed by atoms with E-state index < -0.39 is 0 Å². The summed E-state index contributed by atoms with van der Waals surface area (Å²) >= 11 is 4.70. The summed E-state index contributed by atoms with van der Waals surface area (Å²) in [6.45, 7) is 6.32. The molecule has 0 amide bonds. The molecule has 1 aromatic heterocycles. The number of anilines is 1. The van der Waals surface area contributed by atoms with Gasteiger partial charge in [0.1, 0.15) is 23.1 Å². The fourth-order valence-electron chi connectivity index (χ4n) is 4.12. The third kappa shape index (κ3) is 4.45. The Morgan fingerprint density at radius 3 is 2.59 bits per heavy atom. The van der Waals surface area contributed by atoms with Gasteiger partial charge in [-0.25, -0.2) is 9.18 Å². The molecule has 4 nitrogen and oxygen atoms in total. The lowest BCUT2D eigenvalue weighted by atomic mass is 9.85. The molecule has 0 bridgehead atoms. The van der Waals surface area contributed by atoms with Crippen LogP contribution in [0.3, 0.4) is 0 Å². The molecule has 2 aromatic carbocycles. The van der Waals surface area contributed by atoms with Crippen LogP contribution in [0, 0.1) is 5.82 Å². The monoisotopic (exact) mass is 515 g/mol. The maximum absolute atomic E-state index is 13.8. The van der Waals surface area contributed by atoms with Crippen molar-refractivity contribution in [2.24, 2.45) is 0 Å². The van der Waals surface area contributed by atoms with E-state index in [-0.39, 0.29) is 23.9 Å². The Hall–Kier alpha value is -2.64. The number of fused-ring (bicyclic) bond motifs is 1. The van der Waals surface area contributed by atoms with Crippen molar-refractivity contribution in [3.8, 4) is 16.9 Å². The number of esters is 1. The molecule has 1 aliphatic heterocycles. The normalized spacial score (nSPS) is 14.2. The Labute approximate surface area is 199 Å². The van der Waals surface area contributed by atoms with E-state index in [2.05, 4.69) is 48.1 Å². The van der Waals surface area contributed by atoms with Gasteiger partial charge in [0, 0.05) is 28.4 Å². The van der Waals surface area contributed by atoms with Crippen LogP contribution in [-0.2, 0) is 11.3 Å². The number of allylic oxidation sites excluding steroid dienone is 1. The van der Waals surface area contributed by atoms with Crippen molar-refractivity contribution in [1.82, 2.24) is 0 Å². The van der Waals surface area contributed by atoms with Crippen LogP contribution >= 0.6 is 27.3 Å². The maximum atomic E-state index is 13.8. The van der Waals surface area contributed by atoms with E-state index in [0.717, 1.165) is 37.3 Å². The SMILES string of the molecule is COc1cc(F)ccc1-c1ccc2c(c1COC(=O)c1ccc(Br)s1)C(C)=CC(C)(C)N2. The highest BCUT2D eigenvalue weighted by Gasteiger charge is 2.27. The molecule has 0 spiro atoms. The van der Waals surface area contributed by atoms with Gasteiger partial charge in [-0.3, -0.25) is 0 Å². The van der Waals surface area contributed by atoms with Crippen molar-refractivity contribution in [3.63, 3.8) is 0 Å². The summed E-state index contributed by atoms with van der Waals surface area (Å²) in [7, 11) is 1.51. The minimum Gasteiger partial charge on any atom is -0.496 e. The highest BCUT2D eigenvalue weighted by Crippen LogP contribution is 2.42. The van der Waals surface area contributed by atoms with Crippen molar-refractivity contribution < 1.29 is 18.7 Å². The van der Waals surface area contributed by atoms with Gasteiger partial charge in [-0.1, -0.05) is 12.1 Å². The fourth-order valence-corrected chi connectivity index (χ4v) is 5.40. The van der Waals surface area contributed by atoms with E-state index in [1.54, 1.807) is 12.1 Å². The van der Waals surface area contributed by atoms with Gasteiger partial charge in [0.05, 0.1) is 16.4 Å². The number of ether oxygens (including phenoxy) is 2. The zero-order valence-corrected chi connectivity index (χ0v) is 20.6. The van der Waals surface area contributed by atoms with E-state index >= 15 is 0 Å². The smallest absolute Gasteiger partial charge is 0.348 e. The van der Waals surface area contributed by atoms with Crippen LogP contribution in [0.2, 0.25) is 0 Å². The first-order valence-electron chi connectivity index (χ1n) is 10.1. The zero-order chi connectivity index (χ0) is 23.0. The summed E-state index contributed by atoms with van der Waals surface area (Å²) in [4.78, 5) is 13.2. The average Bonchev–Trinajstić information content (AvgIpc) is 3.17. The average molecular weight is 516 g/mol. The molecule has 0 saturated heterocycles. The molecule has 7 heteroatoms. The van der Waals surface area contributed by atoms with Gasteiger partial charge in [-0.2, -0.15) is 0 Å². The summed E-state index contributed by atoms with van der Waals surface area (Å²) in [5.74, 6) is -0.342. The highest BCUT2D eigenvalue weighted by atomic mass is 79.9. The summed E-state index contributed by atoms with van der Waals surface area (Å²) in [5.41, 5.74) is 5.22. The first-order chi connectivity index (χ1) is 15.2. The van der Waals surface area contributed by atoms with Gasteiger partial charge in [0.25, 0.3) is 0 Å². The molecular weight excluding hydrogens is 493 g/mol. The number of halogens is 2. The molecule has 1 N–H and O–H groups in total. The Morgan fingerprint density at radius 1 is 1.16 bits per heavy atom. The Bertz CT molecular complexity index is 1230. The largest absolute Gasteiger partial charge is 0.496 e. The second-order valence-corrected chi connectivity index (χ2v) is 10.7. The molecule has 0 unspecified atom stereocenters. The summed E-state index contributed by atoms with van der Waals surface area (Å²) in [5, 5.41) is 3.53. The third-order valence-corrected chi connectivity index (χ3v) is 6.92. The number of hydrogen-bond donors (Lipinski definition) is 1. The second-order valence-electron chi connectivity index (χ2n) is 8.21. The first-order valence-corrected chi connectivity index (χ1v) is 11.7. The van der Waals surface area contributed by atoms with E-state index in [1.165, 1.54) is 30.6 Å². The molecule has 166 valence electrons. The van der Waals surface area contributed by atoms with Crippen LogP contribution in [0.25, 0.3) is 16.7 Å². The molecule has 3 aromatic rings. The Balaban J connectivity index is 1.82. The van der Waals surface area contributed by atoms with E-state index in [1.807, 2.05) is 18.2 Å². The molecule has 1 aliphatic rings. The van der Waals surface area contributed by atoms with Gasteiger partial charge in [0.2, 0.25) is 0 Å². The Morgan fingerprint density at radius 2 is 1.91 bits per heavy atom. The number of methoxy groups -OCH3 is 1. The zero-order valence-electron chi connectivity index (χ0n) is 18.2. The Kier molecular flexibility index (Phi) is 6.14. The quantitative estimate of drug-likeness (QED) is 0.362. The number of thiophene rings is 1. The molecule has 0 fully saturated rings. The molecule has 0 aliphatic carbocycles. The van der Waals surface area contributed by atoms with E-state index in [9.17, 15) is 9.18 Å². The van der Waals surface area contributed by atoms with Gasteiger partial charge in [0.15, 0.2) is 0 Å². The number of carbonyl (C=O) groups excluding carboxylic acids is 1. The lowest BCUT2D eigenvalue weighted by molar-refractivity contribution is 0.0479. The standard InChI is InChI=1S/C25H23BrFNO3S/c1-14-12-25(2,3)28-19-8-7-16(17-6-5-15(27)11-20(17)30-4)18(23(14)19)13-31-24(29)21-9-10-22(26)32-21/h5-12,28H,13H2,1-4H3. The molecule has 4 rings (SSSR count). The fraction of sp³-hybridized carbons (Fsp3) is 0.240. The topological polar surface area (TPSA) is 47.6 Å². The van der Waals surface area contributed by atoms with Gasteiger partial charge >= 0.3 is 5.97 Å². The predicted molar refractivity (Wildman–Crippen MR) is 131 cm³/mol. The van der Waals surface area contributed by atoms with Gasteiger partial charge in [-0.05, 0) is 78.2 Å². The summed E-state index contributed by atoms with van der Waals surface area (Å²) < 4.78 is 25.9. The lowest BCUT2D eigenvalue weighted by Crippen LogP contribution is -2.32. The first kappa shape index (κ1) is 22.6. The number of benzene rings is 2. The number of carbonyl (C=O) groups is 1. The molecule has 0 atom stereocenters. The second kappa shape index (κ2) is 8.71. The van der Waals surface area contributed by atoms with Crippen LogP contribution < -0.4 is 10.1 Å². The van der Waals surface area contributed by atoms with Crippen LogP contribution in [0.1, 0.15) is 41.6 Å². The van der Waals surface area contributed by atoms with Gasteiger partial charge in [-0.15, -0.1) is 11.3 Å². The maximum Gasteiger partial charge on any atom is 0.348 e.